The number of hydrogen-bond acceptors (Lipinski definition) is 5. The molecular weight excluding hydrogens is 370 g/mol. The van der Waals surface area contributed by atoms with Crippen molar-refractivity contribution in [2.45, 2.75) is 25.3 Å². The molecule has 6 heteroatoms. The van der Waals surface area contributed by atoms with Crippen molar-refractivity contribution >= 4 is 5.91 Å². The number of likely N-dealkylation sites (tertiary alicyclic amines) is 1. The van der Waals surface area contributed by atoms with Gasteiger partial charge in [-0.25, -0.2) is 0 Å². The number of hydrogen-bond donors (Lipinski definition) is 0. The van der Waals surface area contributed by atoms with Crippen LogP contribution in [0.15, 0.2) is 36.4 Å². The van der Waals surface area contributed by atoms with Crippen LogP contribution in [-0.4, -0.2) is 45.3 Å². The van der Waals surface area contributed by atoms with Gasteiger partial charge in [0.1, 0.15) is 29.6 Å². The maximum Gasteiger partial charge on any atom is 0.229 e. The molecule has 0 unspecified atom stereocenters. The Morgan fingerprint density at radius 3 is 2.55 bits per heavy atom. The Labute approximate surface area is 171 Å². The van der Waals surface area contributed by atoms with Crippen molar-refractivity contribution in [2.24, 2.45) is 5.92 Å². The number of amides is 1. The van der Waals surface area contributed by atoms with E-state index in [2.05, 4.69) is 0 Å². The van der Waals surface area contributed by atoms with Crippen LogP contribution in [0.5, 0.6) is 23.0 Å². The monoisotopic (exact) mass is 397 g/mol. The van der Waals surface area contributed by atoms with Crippen LogP contribution in [0.3, 0.4) is 0 Å². The van der Waals surface area contributed by atoms with Gasteiger partial charge in [0.05, 0.1) is 33.3 Å². The lowest BCUT2D eigenvalue weighted by Crippen LogP contribution is -2.40. The average molecular weight is 397 g/mol. The zero-order valence-corrected chi connectivity index (χ0v) is 17.1. The quantitative estimate of drug-likeness (QED) is 0.771. The fourth-order valence-corrected chi connectivity index (χ4v) is 4.34. The van der Waals surface area contributed by atoms with Crippen LogP contribution in [0, 0.1) is 5.92 Å². The molecule has 2 aromatic rings. The third-order valence-corrected chi connectivity index (χ3v) is 5.86. The van der Waals surface area contributed by atoms with Gasteiger partial charge in [-0.3, -0.25) is 4.79 Å². The summed E-state index contributed by atoms with van der Waals surface area (Å²) in [6.45, 7) is 1.15. The van der Waals surface area contributed by atoms with Crippen molar-refractivity contribution in [2.75, 3.05) is 34.5 Å². The summed E-state index contributed by atoms with van der Waals surface area (Å²) in [5.74, 6) is 3.06. The molecule has 0 radical (unpaired) electrons. The Morgan fingerprint density at radius 2 is 1.79 bits per heavy atom. The molecule has 2 aliphatic rings. The molecule has 2 heterocycles. The molecule has 154 valence electrons. The van der Waals surface area contributed by atoms with Crippen molar-refractivity contribution < 1.29 is 23.7 Å². The molecule has 0 aromatic heterocycles. The van der Waals surface area contributed by atoms with Gasteiger partial charge in [-0.1, -0.05) is 0 Å². The molecule has 2 aliphatic heterocycles. The first kappa shape index (κ1) is 19.4. The van der Waals surface area contributed by atoms with Gasteiger partial charge in [-0.05, 0) is 55.2 Å². The first-order valence-electron chi connectivity index (χ1n) is 9.96. The Hall–Kier alpha value is -2.89. The van der Waals surface area contributed by atoms with Gasteiger partial charge in [0, 0.05) is 18.2 Å². The summed E-state index contributed by atoms with van der Waals surface area (Å²) in [7, 11) is 4.93. The van der Waals surface area contributed by atoms with E-state index in [9.17, 15) is 4.79 Å². The lowest BCUT2D eigenvalue weighted by Gasteiger charge is -2.32. The standard InChI is InChI=1S/C23H27NO5/c1-26-17-7-9-21-15(12-17)11-16(14-29-21)23(25)24-10-4-5-20(24)19-8-6-18(27-2)13-22(19)28-3/h6-9,12-13,16,20H,4-5,10-11,14H2,1-3H3/t16-,20-/m1/s1. The van der Waals surface area contributed by atoms with Gasteiger partial charge in [0.25, 0.3) is 0 Å². The van der Waals surface area contributed by atoms with E-state index in [0.29, 0.717) is 13.0 Å². The predicted octanol–water partition coefficient (Wildman–Crippen LogP) is 3.63. The number of ether oxygens (including phenoxy) is 4. The van der Waals surface area contributed by atoms with Gasteiger partial charge >= 0.3 is 0 Å². The molecular formula is C23H27NO5. The second-order valence-electron chi connectivity index (χ2n) is 7.48. The Balaban J connectivity index is 1.55. The zero-order chi connectivity index (χ0) is 20.4. The highest BCUT2D eigenvalue weighted by atomic mass is 16.5. The lowest BCUT2D eigenvalue weighted by molar-refractivity contribution is -0.137. The largest absolute Gasteiger partial charge is 0.497 e. The van der Waals surface area contributed by atoms with E-state index >= 15 is 0 Å². The second kappa shape index (κ2) is 8.23. The van der Waals surface area contributed by atoms with E-state index in [-0.39, 0.29) is 17.9 Å². The SMILES string of the molecule is COc1ccc2c(c1)C[C@@H](C(=O)N1CCC[C@@H]1c1ccc(OC)cc1OC)CO2. The molecule has 0 aliphatic carbocycles. The molecule has 1 saturated heterocycles. The van der Waals surface area contributed by atoms with Crippen LogP contribution in [-0.2, 0) is 11.2 Å². The summed E-state index contributed by atoms with van der Waals surface area (Å²) in [6.07, 6.45) is 2.56. The first-order chi connectivity index (χ1) is 14.1. The number of carbonyl (C=O) groups excluding carboxylic acids is 1. The summed E-state index contributed by atoms with van der Waals surface area (Å²) in [4.78, 5) is 15.4. The van der Waals surface area contributed by atoms with Crippen molar-refractivity contribution in [3.05, 3.63) is 47.5 Å². The fraction of sp³-hybridized carbons (Fsp3) is 0.435. The van der Waals surface area contributed by atoms with Gasteiger partial charge in [-0.15, -0.1) is 0 Å². The fourth-order valence-electron chi connectivity index (χ4n) is 4.34. The minimum absolute atomic E-state index is 0.00932. The van der Waals surface area contributed by atoms with E-state index < -0.39 is 0 Å². The maximum atomic E-state index is 13.4. The zero-order valence-electron chi connectivity index (χ0n) is 17.1. The van der Waals surface area contributed by atoms with Gasteiger partial charge in [-0.2, -0.15) is 0 Å². The number of rotatable bonds is 5. The minimum atomic E-state index is -0.195. The Bertz CT molecular complexity index is 897. The molecule has 0 saturated carbocycles. The minimum Gasteiger partial charge on any atom is -0.497 e. The van der Waals surface area contributed by atoms with Crippen molar-refractivity contribution in [3.8, 4) is 23.0 Å². The Kier molecular flexibility index (Phi) is 5.51. The Morgan fingerprint density at radius 1 is 1.03 bits per heavy atom. The number of methoxy groups -OCH3 is 3. The van der Waals surface area contributed by atoms with E-state index in [1.807, 2.05) is 41.3 Å². The van der Waals surface area contributed by atoms with Crippen molar-refractivity contribution in [3.63, 3.8) is 0 Å². The third kappa shape index (κ3) is 3.71. The summed E-state index contributed by atoms with van der Waals surface area (Å²) in [5, 5.41) is 0. The van der Waals surface area contributed by atoms with Crippen LogP contribution in [0.2, 0.25) is 0 Å². The predicted molar refractivity (Wildman–Crippen MR) is 109 cm³/mol. The molecule has 0 bridgehead atoms. The number of nitrogens with zero attached hydrogens (tertiary/aromatic N) is 1. The molecule has 2 aromatic carbocycles. The summed E-state index contributed by atoms with van der Waals surface area (Å²) in [5.41, 5.74) is 2.05. The highest BCUT2D eigenvalue weighted by Gasteiger charge is 2.37. The summed E-state index contributed by atoms with van der Waals surface area (Å²) < 4.78 is 22.1. The van der Waals surface area contributed by atoms with E-state index in [4.69, 9.17) is 18.9 Å². The highest BCUT2D eigenvalue weighted by Crippen LogP contribution is 2.40. The third-order valence-electron chi connectivity index (χ3n) is 5.86. The van der Waals surface area contributed by atoms with Gasteiger partial charge < -0.3 is 23.8 Å². The van der Waals surface area contributed by atoms with E-state index in [1.54, 1.807) is 21.3 Å². The van der Waals surface area contributed by atoms with Crippen molar-refractivity contribution in [1.82, 2.24) is 4.90 Å². The van der Waals surface area contributed by atoms with Crippen LogP contribution in [0.25, 0.3) is 0 Å². The maximum absolute atomic E-state index is 13.4. The number of benzene rings is 2. The molecule has 0 N–H and O–H groups in total. The topological polar surface area (TPSA) is 57.2 Å². The van der Waals surface area contributed by atoms with Crippen molar-refractivity contribution in [1.29, 1.82) is 0 Å². The highest BCUT2D eigenvalue weighted by molar-refractivity contribution is 5.81. The van der Waals surface area contributed by atoms with Crippen LogP contribution in [0.1, 0.15) is 30.0 Å². The molecule has 6 nitrogen and oxygen atoms in total. The molecule has 1 amide bonds. The summed E-state index contributed by atoms with van der Waals surface area (Å²) in [6, 6.07) is 11.6. The number of fused-ring (bicyclic) bond motifs is 1. The van der Waals surface area contributed by atoms with Gasteiger partial charge in [0.15, 0.2) is 0 Å². The van der Waals surface area contributed by atoms with Gasteiger partial charge in [0.2, 0.25) is 5.91 Å². The normalized spacial score (nSPS) is 20.6. The molecule has 29 heavy (non-hydrogen) atoms. The lowest BCUT2D eigenvalue weighted by atomic mass is 9.94. The molecule has 2 atom stereocenters. The van der Waals surface area contributed by atoms with Crippen LogP contribution < -0.4 is 18.9 Å². The molecule has 0 spiro atoms. The molecule has 4 rings (SSSR count). The first-order valence-corrected chi connectivity index (χ1v) is 9.96. The molecule has 1 fully saturated rings. The smallest absolute Gasteiger partial charge is 0.229 e. The average Bonchev–Trinajstić information content (AvgIpc) is 3.26. The van der Waals surface area contributed by atoms with E-state index in [1.165, 1.54) is 0 Å². The second-order valence-corrected chi connectivity index (χ2v) is 7.48. The summed E-state index contributed by atoms with van der Waals surface area (Å²) >= 11 is 0. The van der Waals surface area contributed by atoms with Crippen LogP contribution in [0.4, 0.5) is 0 Å². The van der Waals surface area contributed by atoms with Crippen LogP contribution >= 0.6 is 0 Å². The number of carbonyl (C=O) groups is 1. The van der Waals surface area contributed by atoms with E-state index in [0.717, 1.165) is 53.5 Å².